The maximum Gasteiger partial charge on any atom is 0.255 e. The van der Waals surface area contributed by atoms with E-state index in [0.29, 0.717) is 0 Å². The summed E-state index contributed by atoms with van der Waals surface area (Å²) >= 11 is 0. The molecule has 5 nitrogen and oxygen atoms in total. The molecule has 1 amide bonds. The van der Waals surface area contributed by atoms with Crippen molar-refractivity contribution in [1.29, 1.82) is 0 Å². The molecule has 0 radical (unpaired) electrons. The average molecular weight is 259 g/mol. The Morgan fingerprint density at radius 2 is 2.24 bits per heavy atom. The molecule has 6 heteroatoms. The molecule has 1 unspecified atom stereocenters. The zero-order valence-corrected chi connectivity index (χ0v) is 11.2. The summed E-state index contributed by atoms with van der Waals surface area (Å²) < 4.78 is 1.75. The monoisotopic (exact) mass is 258 g/mol. The molecule has 2 heterocycles. The van der Waals surface area contributed by atoms with Crippen molar-refractivity contribution in [3.63, 3.8) is 0 Å². The van der Waals surface area contributed by atoms with E-state index < -0.39 is 0 Å². The number of nitrogens with zero attached hydrogens (tertiary/aromatic N) is 2. The first-order valence-corrected chi connectivity index (χ1v) is 5.61. The fourth-order valence-corrected chi connectivity index (χ4v) is 2.14. The topological polar surface area (TPSA) is 59.0 Å². The van der Waals surface area contributed by atoms with Crippen LogP contribution in [0.2, 0.25) is 0 Å². The summed E-state index contributed by atoms with van der Waals surface area (Å²) in [4.78, 5) is 12.1. The normalized spacial score (nSPS) is 18.9. The van der Waals surface area contributed by atoms with E-state index in [1.54, 1.807) is 4.68 Å². The second-order valence-electron chi connectivity index (χ2n) is 4.33. The van der Waals surface area contributed by atoms with E-state index in [4.69, 9.17) is 0 Å². The SMILES string of the molecule is Cc1nn(C)c(C)c1C(=O)NC1CCNC1.Cl. The van der Waals surface area contributed by atoms with Gasteiger partial charge in [-0.15, -0.1) is 12.4 Å². The lowest BCUT2D eigenvalue weighted by atomic mass is 10.1. The number of carbonyl (C=O) groups is 1. The third-order valence-electron chi connectivity index (χ3n) is 3.13. The second kappa shape index (κ2) is 5.51. The number of rotatable bonds is 2. The summed E-state index contributed by atoms with van der Waals surface area (Å²) in [5.41, 5.74) is 2.43. The van der Waals surface area contributed by atoms with Crippen LogP contribution in [0.15, 0.2) is 0 Å². The van der Waals surface area contributed by atoms with E-state index in [1.807, 2.05) is 20.9 Å². The molecule has 2 N–H and O–H groups in total. The summed E-state index contributed by atoms with van der Waals surface area (Å²) in [6.07, 6.45) is 1.00. The first-order chi connectivity index (χ1) is 7.59. The predicted molar refractivity (Wildman–Crippen MR) is 68.7 cm³/mol. The number of aryl methyl sites for hydroxylation is 2. The minimum atomic E-state index is -0.00296. The standard InChI is InChI=1S/C11H18N4O.ClH/c1-7-10(8(2)15(3)14-7)11(16)13-9-4-5-12-6-9;/h9,12H,4-6H2,1-3H3,(H,13,16);1H. The van der Waals surface area contributed by atoms with Gasteiger partial charge in [-0.3, -0.25) is 9.48 Å². The Bertz CT molecular complexity index is 410. The van der Waals surface area contributed by atoms with Gasteiger partial charge >= 0.3 is 0 Å². The van der Waals surface area contributed by atoms with E-state index >= 15 is 0 Å². The highest BCUT2D eigenvalue weighted by Crippen LogP contribution is 2.12. The van der Waals surface area contributed by atoms with Crippen molar-refractivity contribution in [3.05, 3.63) is 17.0 Å². The molecule has 2 rings (SSSR count). The van der Waals surface area contributed by atoms with Crippen LogP contribution < -0.4 is 10.6 Å². The van der Waals surface area contributed by atoms with Gasteiger partial charge in [0.1, 0.15) is 0 Å². The Balaban J connectivity index is 0.00000144. The molecule has 1 atom stereocenters. The summed E-state index contributed by atoms with van der Waals surface area (Å²) in [7, 11) is 1.86. The lowest BCUT2D eigenvalue weighted by Crippen LogP contribution is -2.36. The summed E-state index contributed by atoms with van der Waals surface area (Å²) in [6.45, 7) is 5.64. The highest BCUT2D eigenvalue weighted by atomic mass is 35.5. The number of hydrogen-bond donors (Lipinski definition) is 2. The van der Waals surface area contributed by atoms with Crippen molar-refractivity contribution >= 4 is 18.3 Å². The zero-order valence-electron chi connectivity index (χ0n) is 10.4. The van der Waals surface area contributed by atoms with E-state index in [-0.39, 0.29) is 24.4 Å². The minimum Gasteiger partial charge on any atom is -0.348 e. The zero-order chi connectivity index (χ0) is 11.7. The van der Waals surface area contributed by atoms with Crippen molar-refractivity contribution in [2.24, 2.45) is 7.05 Å². The van der Waals surface area contributed by atoms with Crippen LogP contribution >= 0.6 is 12.4 Å². The largest absolute Gasteiger partial charge is 0.348 e. The van der Waals surface area contributed by atoms with Crippen molar-refractivity contribution in [3.8, 4) is 0 Å². The molecule has 0 aliphatic carbocycles. The Hall–Kier alpha value is -1.07. The highest BCUT2D eigenvalue weighted by Gasteiger charge is 2.21. The minimum absolute atomic E-state index is 0. The third kappa shape index (κ3) is 2.79. The number of hydrogen-bond acceptors (Lipinski definition) is 3. The maximum atomic E-state index is 12.1. The Kier molecular flexibility index (Phi) is 4.54. The van der Waals surface area contributed by atoms with Crippen molar-refractivity contribution < 1.29 is 4.79 Å². The maximum absolute atomic E-state index is 12.1. The predicted octanol–water partition coefficient (Wildman–Crippen LogP) is 0.550. The van der Waals surface area contributed by atoms with Gasteiger partial charge in [-0.1, -0.05) is 0 Å². The van der Waals surface area contributed by atoms with Crippen LogP contribution in [0, 0.1) is 13.8 Å². The number of amides is 1. The molecule has 0 bridgehead atoms. The van der Waals surface area contributed by atoms with Crippen molar-refractivity contribution in [2.45, 2.75) is 26.3 Å². The third-order valence-corrected chi connectivity index (χ3v) is 3.13. The smallest absolute Gasteiger partial charge is 0.255 e. The van der Waals surface area contributed by atoms with Gasteiger partial charge in [0.05, 0.1) is 11.3 Å². The van der Waals surface area contributed by atoms with Crippen LogP contribution in [0.3, 0.4) is 0 Å². The van der Waals surface area contributed by atoms with Crippen LogP contribution in [0.4, 0.5) is 0 Å². The van der Waals surface area contributed by atoms with Crippen LogP contribution in [0.25, 0.3) is 0 Å². The van der Waals surface area contributed by atoms with Gasteiger partial charge in [-0.05, 0) is 26.8 Å². The molecule has 1 aromatic heterocycles. The molecule has 17 heavy (non-hydrogen) atoms. The van der Waals surface area contributed by atoms with Gasteiger partial charge in [0.25, 0.3) is 5.91 Å². The quantitative estimate of drug-likeness (QED) is 0.815. The first-order valence-electron chi connectivity index (χ1n) is 5.61. The molecule has 1 fully saturated rings. The number of carbonyl (C=O) groups excluding carboxylic acids is 1. The van der Waals surface area contributed by atoms with E-state index in [2.05, 4.69) is 15.7 Å². The molecule has 96 valence electrons. The van der Waals surface area contributed by atoms with Crippen LogP contribution in [-0.2, 0) is 7.05 Å². The molecular weight excluding hydrogens is 240 g/mol. The lowest BCUT2D eigenvalue weighted by molar-refractivity contribution is 0.0938. The Labute approximate surface area is 107 Å². The van der Waals surface area contributed by atoms with Gasteiger partial charge in [0.2, 0.25) is 0 Å². The van der Waals surface area contributed by atoms with Crippen LogP contribution in [0.1, 0.15) is 28.2 Å². The number of aromatic nitrogens is 2. The fourth-order valence-electron chi connectivity index (χ4n) is 2.14. The average Bonchev–Trinajstić information content (AvgIpc) is 2.77. The van der Waals surface area contributed by atoms with Gasteiger partial charge in [-0.2, -0.15) is 5.10 Å². The molecule has 1 aliphatic rings. The Morgan fingerprint density at radius 1 is 1.53 bits per heavy atom. The van der Waals surface area contributed by atoms with Crippen LogP contribution in [0.5, 0.6) is 0 Å². The van der Waals surface area contributed by atoms with Gasteiger partial charge < -0.3 is 10.6 Å². The molecular formula is C11H19ClN4O. The van der Waals surface area contributed by atoms with Gasteiger partial charge in [0.15, 0.2) is 0 Å². The van der Waals surface area contributed by atoms with Gasteiger partial charge in [0, 0.05) is 25.3 Å². The van der Waals surface area contributed by atoms with Crippen molar-refractivity contribution in [2.75, 3.05) is 13.1 Å². The fraction of sp³-hybridized carbons (Fsp3) is 0.636. The molecule has 0 spiro atoms. The summed E-state index contributed by atoms with van der Waals surface area (Å²) in [5.74, 6) is -0.00296. The highest BCUT2D eigenvalue weighted by molar-refractivity contribution is 5.96. The van der Waals surface area contributed by atoms with E-state index in [1.165, 1.54) is 0 Å². The Morgan fingerprint density at radius 3 is 2.71 bits per heavy atom. The lowest BCUT2D eigenvalue weighted by Gasteiger charge is -2.11. The molecule has 0 saturated carbocycles. The van der Waals surface area contributed by atoms with Gasteiger partial charge in [-0.25, -0.2) is 0 Å². The number of halogens is 1. The first kappa shape index (κ1) is 14.0. The van der Waals surface area contributed by atoms with E-state index in [9.17, 15) is 4.79 Å². The van der Waals surface area contributed by atoms with Crippen molar-refractivity contribution in [1.82, 2.24) is 20.4 Å². The molecule has 1 saturated heterocycles. The molecule has 1 aromatic rings. The molecule has 0 aromatic carbocycles. The summed E-state index contributed by atoms with van der Waals surface area (Å²) in [5, 5.41) is 10.5. The van der Waals surface area contributed by atoms with Crippen LogP contribution in [-0.4, -0.2) is 34.8 Å². The number of nitrogens with one attached hydrogen (secondary N) is 2. The molecule has 1 aliphatic heterocycles. The second-order valence-corrected chi connectivity index (χ2v) is 4.33. The van der Waals surface area contributed by atoms with E-state index in [0.717, 1.165) is 36.5 Å². The summed E-state index contributed by atoms with van der Waals surface area (Å²) in [6, 6.07) is 0.256.